The first-order valence-corrected chi connectivity index (χ1v) is 7.85. The van der Waals surface area contributed by atoms with E-state index in [1.54, 1.807) is 0 Å². The topological polar surface area (TPSA) is 27.7 Å². The molecule has 0 unspecified atom stereocenters. The van der Waals surface area contributed by atoms with Crippen LogP contribution < -0.4 is 5.32 Å². The smallest absolute Gasteiger partial charge is 0.0596 e. The van der Waals surface area contributed by atoms with Crippen molar-refractivity contribution in [3.05, 3.63) is 0 Å². The molecule has 0 aromatic carbocycles. The van der Waals surface area contributed by atoms with Crippen LogP contribution in [0.1, 0.15) is 27.7 Å². The summed E-state index contributed by atoms with van der Waals surface area (Å²) in [6, 6.07) is 0. The van der Waals surface area contributed by atoms with E-state index in [1.165, 1.54) is 32.7 Å². The summed E-state index contributed by atoms with van der Waals surface area (Å²) < 4.78 is 5.61. The molecule has 0 spiro atoms. The fourth-order valence-corrected chi connectivity index (χ4v) is 2.28. The van der Waals surface area contributed by atoms with Gasteiger partial charge in [0.15, 0.2) is 0 Å². The van der Waals surface area contributed by atoms with Gasteiger partial charge in [-0.2, -0.15) is 0 Å². The zero-order chi connectivity index (χ0) is 14.1. The van der Waals surface area contributed by atoms with Crippen LogP contribution in [0.4, 0.5) is 0 Å². The Morgan fingerprint density at radius 2 is 1.53 bits per heavy atom. The molecule has 1 N–H and O–H groups in total. The number of ether oxygens (including phenoxy) is 1. The predicted octanol–water partition coefficient (Wildman–Crippen LogP) is 1.27. The Kier molecular flexibility index (Phi) is 8.62. The van der Waals surface area contributed by atoms with Gasteiger partial charge in [-0.1, -0.05) is 13.8 Å². The van der Waals surface area contributed by atoms with Crippen molar-refractivity contribution < 1.29 is 4.74 Å². The van der Waals surface area contributed by atoms with Gasteiger partial charge in [0.1, 0.15) is 0 Å². The monoisotopic (exact) mass is 271 g/mol. The molecule has 19 heavy (non-hydrogen) atoms. The number of nitrogens with zero attached hydrogens (tertiary/aromatic N) is 2. The van der Waals surface area contributed by atoms with Crippen LogP contribution in [0.25, 0.3) is 0 Å². The quantitative estimate of drug-likeness (QED) is 0.639. The number of hydrogen-bond donors (Lipinski definition) is 1. The van der Waals surface area contributed by atoms with E-state index in [0.717, 1.165) is 32.2 Å². The van der Waals surface area contributed by atoms with Gasteiger partial charge in [-0.15, -0.1) is 0 Å². The first-order valence-electron chi connectivity index (χ1n) is 7.85. The standard InChI is InChI=1S/C15H33N3O/c1-14(2)13-16-5-6-17-7-9-18(10-8-17)11-12-19-15(3)4/h14-16H,5-13H2,1-4H3. The molecule has 1 fully saturated rings. The number of nitrogens with one attached hydrogen (secondary N) is 1. The van der Waals surface area contributed by atoms with Crippen molar-refractivity contribution >= 4 is 0 Å². The highest BCUT2D eigenvalue weighted by Gasteiger charge is 2.15. The zero-order valence-electron chi connectivity index (χ0n) is 13.3. The minimum Gasteiger partial charge on any atom is -0.377 e. The van der Waals surface area contributed by atoms with Crippen LogP contribution >= 0.6 is 0 Å². The largest absolute Gasteiger partial charge is 0.377 e. The molecule has 4 heteroatoms. The molecule has 1 aliphatic heterocycles. The SMILES string of the molecule is CC(C)CNCCN1CCN(CCOC(C)C)CC1. The number of piperazine rings is 1. The summed E-state index contributed by atoms with van der Waals surface area (Å²) in [5.41, 5.74) is 0. The van der Waals surface area contributed by atoms with Crippen molar-refractivity contribution in [3.63, 3.8) is 0 Å². The third kappa shape index (κ3) is 8.58. The summed E-state index contributed by atoms with van der Waals surface area (Å²) in [5.74, 6) is 0.748. The van der Waals surface area contributed by atoms with Gasteiger partial charge in [0, 0.05) is 45.8 Å². The van der Waals surface area contributed by atoms with Gasteiger partial charge in [0.2, 0.25) is 0 Å². The van der Waals surface area contributed by atoms with E-state index in [2.05, 4.69) is 42.8 Å². The number of hydrogen-bond acceptors (Lipinski definition) is 4. The molecule has 1 saturated heterocycles. The summed E-state index contributed by atoms with van der Waals surface area (Å²) in [6.07, 6.45) is 0.355. The lowest BCUT2D eigenvalue weighted by Gasteiger charge is -2.34. The third-order valence-electron chi connectivity index (χ3n) is 3.48. The van der Waals surface area contributed by atoms with E-state index < -0.39 is 0 Å². The van der Waals surface area contributed by atoms with Crippen LogP contribution in [0.5, 0.6) is 0 Å². The Labute approximate surface area is 119 Å². The van der Waals surface area contributed by atoms with Gasteiger partial charge >= 0.3 is 0 Å². The molecule has 0 atom stereocenters. The second-order valence-electron chi connectivity index (χ2n) is 6.20. The van der Waals surface area contributed by atoms with Crippen LogP contribution in [0.15, 0.2) is 0 Å². The molecular weight excluding hydrogens is 238 g/mol. The van der Waals surface area contributed by atoms with Crippen LogP contribution in [-0.4, -0.2) is 74.9 Å². The maximum absolute atomic E-state index is 5.61. The van der Waals surface area contributed by atoms with E-state index in [9.17, 15) is 0 Å². The molecule has 114 valence electrons. The number of rotatable bonds is 9. The molecule has 0 saturated carbocycles. The van der Waals surface area contributed by atoms with E-state index >= 15 is 0 Å². The van der Waals surface area contributed by atoms with Gasteiger partial charge in [-0.25, -0.2) is 0 Å². The minimum absolute atomic E-state index is 0.355. The Morgan fingerprint density at radius 1 is 0.947 bits per heavy atom. The highest BCUT2D eigenvalue weighted by atomic mass is 16.5. The zero-order valence-corrected chi connectivity index (χ0v) is 13.3. The summed E-state index contributed by atoms with van der Waals surface area (Å²) in [5, 5.41) is 3.51. The Morgan fingerprint density at radius 3 is 2.05 bits per heavy atom. The fourth-order valence-electron chi connectivity index (χ4n) is 2.28. The molecule has 0 amide bonds. The summed E-state index contributed by atoms with van der Waals surface area (Å²) >= 11 is 0. The Bertz CT molecular complexity index is 213. The lowest BCUT2D eigenvalue weighted by atomic mass is 10.2. The van der Waals surface area contributed by atoms with E-state index in [0.29, 0.717) is 6.10 Å². The van der Waals surface area contributed by atoms with Crippen molar-refractivity contribution in [2.75, 3.05) is 59.0 Å². The van der Waals surface area contributed by atoms with Crippen molar-refractivity contribution in [1.29, 1.82) is 0 Å². The lowest BCUT2D eigenvalue weighted by molar-refractivity contribution is 0.0449. The van der Waals surface area contributed by atoms with Crippen molar-refractivity contribution in [2.24, 2.45) is 5.92 Å². The van der Waals surface area contributed by atoms with Gasteiger partial charge in [0.05, 0.1) is 12.7 Å². The average molecular weight is 271 g/mol. The molecule has 0 aliphatic carbocycles. The average Bonchev–Trinajstić information content (AvgIpc) is 2.36. The fraction of sp³-hybridized carbons (Fsp3) is 1.00. The van der Waals surface area contributed by atoms with Crippen molar-refractivity contribution in [1.82, 2.24) is 15.1 Å². The minimum atomic E-state index is 0.355. The molecule has 1 rings (SSSR count). The predicted molar refractivity (Wildman–Crippen MR) is 81.7 cm³/mol. The molecule has 0 radical (unpaired) electrons. The van der Waals surface area contributed by atoms with E-state index in [4.69, 9.17) is 4.74 Å². The Balaban J connectivity index is 1.99. The highest BCUT2D eigenvalue weighted by molar-refractivity contribution is 4.72. The highest BCUT2D eigenvalue weighted by Crippen LogP contribution is 2.01. The first-order chi connectivity index (χ1) is 9.08. The van der Waals surface area contributed by atoms with Crippen LogP contribution in [0.2, 0.25) is 0 Å². The van der Waals surface area contributed by atoms with Crippen LogP contribution in [0, 0.1) is 5.92 Å². The summed E-state index contributed by atoms with van der Waals surface area (Å²) in [4.78, 5) is 5.08. The van der Waals surface area contributed by atoms with E-state index in [-0.39, 0.29) is 0 Å². The molecular formula is C15H33N3O. The van der Waals surface area contributed by atoms with Crippen molar-refractivity contribution in [3.8, 4) is 0 Å². The van der Waals surface area contributed by atoms with Crippen LogP contribution in [0.3, 0.4) is 0 Å². The maximum atomic E-state index is 5.61. The van der Waals surface area contributed by atoms with Gasteiger partial charge < -0.3 is 10.1 Å². The van der Waals surface area contributed by atoms with Crippen LogP contribution in [-0.2, 0) is 4.74 Å². The lowest BCUT2D eigenvalue weighted by Crippen LogP contribution is -2.49. The second kappa shape index (κ2) is 9.70. The molecule has 1 aliphatic rings. The Hall–Kier alpha value is -0.160. The van der Waals surface area contributed by atoms with Gasteiger partial charge in [-0.3, -0.25) is 9.80 Å². The van der Waals surface area contributed by atoms with E-state index in [1.807, 2.05) is 0 Å². The molecule has 0 aromatic rings. The third-order valence-corrected chi connectivity index (χ3v) is 3.48. The first kappa shape index (κ1) is 16.9. The molecule has 4 nitrogen and oxygen atoms in total. The summed E-state index contributed by atoms with van der Waals surface area (Å²) in [7, 11) is 0. The van der Waals surface area contributed by atoms with Gasteiger partial charge in [-0.05, 0) is 26.3 Å². The van der Waals surface area contributed by atoms with Crippen molar-refractivity contribution in [2.45, 2.75) is 33.8 Å². The maximum Gasteiger partial charge on any atom is 0.0596 e. The summed E-state index contributed by atoms with van der Waals surface area (Å²) in [6.45, 7) is 18.9. The normalized spacial score (nSPS) is 18.6. The molecule has 0 bridgehead atoms. The molecule has 1 heterocycles. The second-order valence-corrected chi connectivity index (χ2v) is 6.20. The molecule has 0 aromatic heterocycles. The van der Waals surface area contributed by atoms with Gasteiger partial charge in [0.25, 0.3) is 0 Å².